The van der Waals surface area contributed by atoms with Crippen molar-refractivity contribution in [3.05, 3.63) is 95.0 Å². The molecule has 0 atom stereocenters. The van der Waals surface area contributed by atoms with Gasteiger partial charge in [0.05, 0.1) is 21.1 Å². The topological polar surface area (TPSA) is 143 Å². The first-order valence-electron chi connectivity index (χ1n) is 16.7. The van der Waals surface area contributed by atoms with Crippen molar-refractivity contribution in [2.45, 2.75) is 19.3 Å². The number of carbonyl (C=O) groups is 2. The lowest BCUT2D eigenvalue weighted by atomic mass is 10.0. The van der Waals surface area contributed by atoms with Crippen LogP contribution in [0.3, 0.4) is 0 Å². The number of H-pyrrole nitrogens is 2. The molecule has 7 rings (SSSR count). The van der Waals surface area contributed by atoms with Gasteiger partial charge in [0.15, 0.2) is 11.6 Å². The van der Waals surface area contributed by atoms with Crippen molar-refractivity contribution in [3.8, 4) is 22.3 Å². The molecule has 6 N–H and O–H groups in total. The number of nitrogens with one attached hydrogen (secondary N) is 6. The lowest BCUT2D eigenvalue weighted by Gasteiger charge is -2.30. The Morgan fingerprint density at radius 2 is 1.16 bits per heavy atom. The van der Waals surface area contributed by atoms with E-state index in [1.807, 2.05) is 84.9 Å². The summed E-state index contributed by atoms with van der Waals surface area (Å²) in [5.74, 6) is 1.46. The number of hydrogen-bond acceptors (Lipinski definition) is 5. The number of halogens is 3. The number of nitrogens with zero attached hydrogens (tertiary/aromatic N) is 3. The van der Waals surface area contributed by atoms with Gasteiger partial charge in [-0.3, -0.25) is 20.8 Å². The Morgan fingerprint density at radius 1 is 0.686 bits per heavy atom. The number of urea groups is 2. The van der Waals surface area contributed by atoms with Gasteiger partial charge in [0, 0.05) is 40.9 Å². The highest BCUT2D eigenvalue weighted by Crippen LogP contribution is 2.35. The highest BCUT2D eigenvalue weighted by molar-refractivity contribution is 6.35. The van der Waals surface area contributed by atoms with Crippen LogP contribution in [0.5, 0.6) is 0 Å². The maximum Gasteiger partial charge on any atom is 0.320 e. The van der Waals surface area contributed by atoms with Crippen LogP contribution in [-0.2, 0) is 0 Å². The number of carbonyl (C=O) groups excluding carboxylic acids is 2. The van der Waals surface area contributed by atoms with Crippen LogP contribution in [0, 0.1) is 0 Å². The molecule has 4 aromatic carbocycles. The third-order valence-corrected chi connectivity index (χ3v) is 9.31. The highest BCUT2D eigenvalue weighted by Gasteiger charge is 2.16. The zero-order valence-electron chi connectivity index (χ0n) is 27.7. The number of hydrogen-bond donors (Lipinski definition) is 6. The van der Waals surface area contributed by atoms with E-state index >= 15 is 0 Å². The molecule has 1 aliphatic rings. The molecule has 6 aromatic rings. The Balaban J connectivity index is 0.000000177. The van der Waals surface area contributed by atoms with Crippen LogP contribution in [0.4, 0.5) is 21.2 Å². The average molecular weight is 747 g/mol. The van der Waals surface area contributed by atoms with Crippen molar-refractivity contribution >= 4 is 80.3 Å². The molecule has 1 aliphatic heterocycles. The predicted molar refractivity (Wildman–Crippen MR) is 208 cm³/mol. The molecule has 2 aromatic heterocycles. The number of benzene rings is 4. The Labute approximate surface area is 310 Å². The van der Waals surface area contributed by atoms with Crippen LogP contribution < -0.4 is 21.3 Å². The highest BCUT2D eigenvalue weighted by atomic mass is 35.5. The normalized spacial score (nSPS) is 12.5. The fourth-order valence-electron chi connectivity index (χ4n) is 5.63. The number of aromatic amines is 2. The van der Waals surface area contributed by atoms with E-state index in [-0.39, 0.29) is 12.1 Å². The number of likely N-dealkylation sites (tertiary alicyclic amines) is 1. The van der Waals surface area contributed by atoms with Gasteiger partial charge in [0.25, 0.3) is 0 Å². The van der Waals surface area contributed by atoms with Crippen LogP contribution in [0.1, 0.15) is 19.3 Å². The minimum absolute atomic E-state index is 0.247. The summed E-state index contributed by atoms with van der Waals surface area (Å²) in [6.07, 6.45) is 2.95. The summed E-state index contributed by atoms with van der Waals surface area (Å²) in [4.78, 5) is 26.5. The third-order valence-electron chi connectivity index (χ3n) is 8.42. The van der Waals surface area contributed by atoms with E-state index < -0.39 is 0 Å². The summed E-state index contributed by atoms with van der Waals surface area (Å²) in [5, 5.41) is 28.3. The van der Waals surface area contributed by atoms with E-state index in [9.17, 15) is 9.59 Å². The van der Waals surface area contributed by atoms with Crippen LogP contribution >= 0.6 is 34.8 Å². The Hall–Kier alpha value is -4.81. The summed E-state index contributed by atoms with van der Waals surface area (Å²) in [6, 6.07) is 26.7. The monoisotopic (exact) mass is 745 g/mol. The number of anilines is 2. The third kappa shape index (κ3) is 9.30. The molecule has 1 fully saturated rings. The first kappa shape index (κ1) is 36.0. The summed E-state index contributed by atoms with van der Waals surface area (Å²) in [6.45, 7) is 4.55. The summed E-state index contributed by atoms with van der Waals surface area (Å²) < 4.78 is 0. The van der Waals surface area contributed by atoms with E-state index in [0.717, 1.165) is 57.0 Å². The molecule has 1 saturated heterocycles. The zero-order valence-corrected chi connectivity index (χ0v) is 30.0. The molecule has 3 heterocycles. The maximum atomic E-state index is 12.2. The van der Waals surface area contributed by atoms with Crippen LogP contribution in [0.15, 0.2) is 84.9 Å². The maximum absolute atomic E-state index is 12.2. The van der Waals surface area contributed by atoms with Gasteiger partial charge in [0.1, 0.15) is 0 Å². The molecular formula is C37H38Cl3N9O2. The van der Waals surface area contributed by atoms with Crippen molar-refractivity contribution in [3.63, 3.8) is 0 Å². The van der Waals surface area contributed by atoms with E-state index in [1.54, 1.807) is 0 Å². The summed E-state index contributed by atoms with van der Waals surface area (Å²) >= 11 is 18.4. The first-order valence-corrected chi connectivity index (χ1v) is 18.0. The SMILES string of the molecule is O=C(NCCCCl)Nc1n[nH]c2cc(Cl)c(-c3ccccc3)cc12.O=C(NCCCN1CCC1)Nc1n[nH]c2cc(Cl)c(-c3ccccc3)cc12. The molecule has 0 radical (unpaired) electrons. The molecule has 4 amide bonds. The molecule has 0 bridgehead atoms. The van der Waals surface area contributed by atoms with Crippen molar-refractivity contribution in [1.29, 1.82) is 0 Å². The molecule has 14 heteroatoms. The molecule has 11 nitrogen and oxygen atoms in total. The number of alkyl halides is 1. The predicted octanol–water partition coefficient (Wildman–Crippen LogP) is 8.73. The molecule has 0 spiro atoms. The second-order valence-corrected chi connectivity index (χ2v) is 13.2. The van der Waals surface area contributed by atoms with Gasteiger partial charge >= 0.3 is 12.1 Å². The quantitative estimate of drug-likeness (QED) is 0.0581. The average Bonchev–Trinajstić information content (AvgIpc) is 3.69. The lowest BCUT2D eigenvalue weighted by molar-refractivity contribution is 0.179. The van der Waals surface area contributed by atoms with Gasteiger partial charge in [0.2, 0.25) is 0 Å². The Bertz CT molecular complexity index is 2080. The fourth-order valence-corrected chi connectivity index (χ4v) is 6.31. The van der Waals surface area contributed by atoms with Gasteiger partial charge in [-0.05, 0) is 74.3 Å². The van der Waals surface area contributed by atoms with Crippen LogP contribution in [0.25, 0.3) is 44.1 Å². The number of amides is 4. The van der Waals surface area contributed by atoms with E-state index in [1.165, 1.54) is 19.5 Å². The number of fused-ring (bicyclic) bond motifs is 2. The molecule has 51 heavy (non-hydrogen) atoms. The summed E-state index contributed by atoms with van der Waals surface area (Å²) in [7, 11) is 0. The van der Waals surface area contributed by atoms with Crippen molar-refractivity contribution in [2.75, 3.05) is 49.2 Å². The molecule has 264 valence electrons. The Morgan fingerprint density at radius 3 is 1.59 bits per heavy atom. The lowest BCUT2D eigenvalue weighted by Crippen LogP contribution is -2.39. The molecule has 0 saturated carbocycles. The fraction of sp³-hybridized carbons (Fsp3) is 0.243. The molecular weight excluding hydrogens is 709 g/mol. The summed E-state index contributed by atoms with van der Waals surface area (Å²) in [5.41, 5.74) is 5.36. The van der Waals surface area contributed by atoms with Gasteiger partial charge in [-0.25, -0.2) is 9.59 Å². The second kappa shape index (κ2) is 17.4. The number of aromatic nitrogens is 4. The Kier molecular flexibility index (Phi) is 12.3. The molecule has 0 aliphatic carbocycles. The largest absolute Gasteiger partial charge is 0.338 e. The van der Waals surface area contributed by atoms with E-state index in [0.29, 0.717) is 47.1 Å². The van der Waals surface area contributed by atoms with Crippen LogP contribution in [0.2, 0.25) is 10.0 Å². The minimum Gasteiger partial charge on any atom is -0.338 e. The van der Waals surface area contributed by atoms with Crippen LogP contribution in [-0.4, -0.2) is 76.0 Å². The number of rotatable bonds is 11. The van der Waals surface area contributed by atoms with Crippen molar-refractivity contribution < 1.29 is 9.59 Å². The first-order chi connectivity index (χ1) is 24.9. The minimum atomic E-state index is -0.315. The van der Waals surface area contributed by atoms with Gasteiger partial charge in [-0.1, -0.05) is 83.9 Å². The van der Waals surface area contributed by atoms with Gasteiger partial charge < -0.3 is 15.5 Å². The van der Waals surface area contributed by atoms with E-state index in [2.05, 4.69) is 46.6 Å². The smallest absolute Gasteiger partial charge is 0.320 e. The second-order valence-electron chi connectivity index (χ2n) is 12.0. The van der Waals surface area contributed by atoms with Crippen molar-refractivity contribution in [2.24, 2.45) is 0 Å². The van der Waals surface area contributed by atoms with Crippen molar-refractivity contribution in [1.82, 2.24) is 35.9 Å². The van der Waals surface area contributed by atoms with E-state index in [4.69, 9.17) is 34.8 Å². The molecule has 0 unspecified atom stereocenters. The van der Waals surface area contributed by atoms with Gasteiger partial charge in [-0.15, -0.1) is 11.6 Å². The zero-order chi connectivity index (χ0) is 35.6. The standard InChI is InChI=1S/C20H22ClN5O.C17H16Cl2N4O/c21-17-13-18-16(12-15(17)14-6-2-1-3-7-14)19(25-24-18)23-20(27)22-8-4-9-26-10-5-11-26;18-7-4-8-20-17(24)21-16-13-9-12(11-5-2-1-3-6-11)14(19)10-15(13)22-23-16/h1-3,6-7,12-13H,4-5,8-11H2,(H3,22,23,24,25,27);1-3,5-6,9-10H,4,7-8H2,(H3,20,21,22,23,24). The van der Waals surface area contributed by atoms with Gasteiger partial charge in [-0.2, -0.15) is 10.2 Å².